The summed E-state index contributed by atoms with van der Waals surface area (Å²) in [6.07, 6.45) is 37.1. The molecule has 0 radical (unpaired) electrons. The first kappa shape index (κ1) is 55.8. The predicted octanol–water partition coefficient (Wildman–Crippen LogP) is 20.2. The number of unbranched alkanes of at least 4 members (excludes halogenated alkanes) is 14. The number of hydrogen-bond donors (Lipinski definition) is 0. The third-order valence-electron chi connectivity index (χ3n) is 11.8. The van der Waals surface area contributed by atoms with E-state index in [0.717, 1.165) is 45.4 Å². The van der Waals surface area contributed by atoms with Crippen LogP contribution in [0.25, 0.3) is 0 Å². The largest absolute Gasteiger partial charge is 0.0928 e. The summed E-state index contributed by atoms with van der Waals surface area (Å²) >= 11 is 36.4. The topological polar surface area (TPSA) is 0 Å². The van der Waals surface area contributed by atoms with E-state index in [1.807, 2.05) is 0 Å². The second kappa shape index (κ2) is 36.3. The molecule has 0 aromatic heterocycles. The first-order valence-electron chi connectivity index (χ1n) is 22.0. The Labute approximate surface area is 411 Å². The van der Waals surface area contributed by atoms with Crippen LogP contribution in [-0.2, 0) is 0 Å². The summed E-state index contributed by atoms with van der Waals surface area (Å²) in [5.74, 6) is 0.881. The molecule has 0 heterocycles. The van der Waals surface area contributed by atoms with Crippen LogP contribution in [0, 0.1) is 11.3 Å². The summed E-state index contributed by atoms with van der Waals surface area (Å²) in [7, 11) is 0. The minimum Gasteiger partial charge on any atom is -0.0928 e. The Morgan fingerprint density at radius 2 is 0.944 bits per heavy atom. The van der Waals surface area contributed by atoms with Crippen molar-refractivity contribution >= 4 is 143 Å². The smallest absolute Gasteiger partial charge is 0.0470 e. The maximum Gasteiger partial charge on any atom is 0.0470 e. The van der Waals surface area contributed by atoms with Gasteiger partial charge in [-0.05, 0) is 81.3 Å². The molecule has 1 aliphatic carbocycles. The fourth-order valence-corrected chi connectivity index (χ4v) is 16.2. The zero-order valence-electron chi connectivity index (χ0n) is 34.1. The average Bonchev–Trinajstić information content (AvgIpc) is 3.16. The fraction of sp³-hybridized carbons (Fsp3) is 0.911. The van der Waals surface area contributed by atoms with E-state index in [1.54, 1.807) is 22.3 Å². The van der Waals surface area contributed by atoms with Gasteiger partial charge in [0.05, 0.1) is 0 Å². The quantitative estimate of drug-likeness (QED) is 0.0430. The number of alkyl halides is 9. The molecule has 0 fully saturated rings. The van der Waals surface area contributed by atoms with Crippen molar-refractivity contribution in [3.63, 3.8) is 0 Å². The highest BCUT2D eigenvalue weighted by molar-refractivity contribution is 9.11. The Morgan fingerprint density at radius 1 is 0.500 bits per heavy atom. The van der Waals surface area contributed by atoms with Crippen LogP contribution in [0.4, 0.5) is 0 Å². The summed E-state index contributed by atoms with van der Waals surface area (Å²) in [4.78, 5) is 2.07. The lowest BCUT2D eigenvalue weighted by atomic mass is 9.67. The number of allylic oxidation sites excluding steroid dienone is 4. The Kier molecular flexibility index (Phi) is 37.5. The number of rotatable bonds is 37. The summed E-state index contributed by atoms with van der Waals surface area (Å²) in [5.41, 5.74) is 6.60. The minimum atomic E-state index is 0.0280. The van der Waals surface area contributed by atoms with Gasteiger partial charge in [-0.3, -0.25) is 0 Å². The fourth-order valence-electron chi connectivity index (χ4n) is 8.35. The zero-order chi connectivity index (χ0) is 40.0. The third-order valence-corrected chi connectivity index (χ3v) is 19.3. The second-order valence-corrected chi connectivity index (χ2v) is 24.3. The molecule has 0 saturated heterocycles. The van der Waals surface area contributed by atoms with E-state index in [-0.39, 0.29) is 5.41 Å². The van der Waals surface area contributed by atoms with Crippen molar-refractivity contribution in [3.05, 3.63) is 22.3 Å². The Balaban J connectivity index is 3.03. The molecule has 0 nitrogen and oxygen atoms in total. The predicted molar refractivity (Wildman–Crippen MR) is 280 cm³/mol. The molecule has 9 heteroatoms. The molecule has 54 heavy (non-hydrogen) atoms. The molecule has 0 bridgehead atoms. The van der Waals surface area contributed by atoms with Gasteiger partial charge in [-0.1, -0.05) is 284 Å². The van der Waals surface area contributed by atoms with Gasteiger partial charge < -0.3 is 0 Å². The monoisotopic (exact) mass is 1330 g/mol. The van der Waals surface area contributed by atoms with Gasteiger partial charge in [0.25, 0.3) is 0 Å². The molecule has 1 rings (SSSR count). The van der Waals surface area contributed by atoms with Gasteiger partial charge in [-0.25, -0.2) is 0 Å². The maximum atomic E-state index is 4.42. The molecule has 1 aliphatic rings. The Hall–Kier alpha value is 3.80. The minimum absolute atomic E-state index is 0.0280. The molecule has 0 aromatic rings. The van der Waals surface area contributed by atoms with Crippen molar-refractivity contribution in [2.24, 2.45) is 11.3 Å². The normalized spacial score (nSPS) is 18.4. The maximum absolute atomic E-state index is 4.42. The van der Waals surface area contributed by atoms with E-state index >= 15 is 0 Å². The first-order chi connectivity index (χ1) is 26.2. The van der Waals surface area contributed by atoms with Crippen LogP contribution < -0.4 is 0 Å². The van der Waals surface area contributed by atoms with E-state index in [9.17, 15) is 0 Å². The zero-order valence-corrected chi connectivity index (χ0v) is 48.4. The third kappa shape index (κ3) is 22.8. The van der Waals surface area contributed by atoms with E-state index in [4.69, 9.17) is 0 Å². The van der Waals surface area contributed by atoms with E-state index in [1.165, 1.54) is 167 Å². The molecule has 0 spiro atoms. The molecule has 5 atom stereocenters. The highest BCUT2D eigenvalue weighted by Gasteiger charge is 2.46. The summed E-state index contributed by atoms with van der Waals surface area (Å²) < 4.78 is 0. The summed E-state index contributed by atoms with van der Waals surface area (Å²) in [6, 6.07) is 0. The highest BCUT2D eigenvalue weighted by atomic mass is 79.9. The SMILES string of the molecule is CCCCC(Br)CC1=C(CCCCCCCCBr)C(Br)C(CBr)(CBr)C(CC(Br)CCCCCC(CCCCCCCCBr)CC(Br)CCCC)=C1CBr. The van der Waals surface area contributed by atoms with Crippen LogP contribution in [0.3, 0.4) is 0 Å². The van der Waals surface area contributed by atoms with E-state index in [0.29, 0.717) is 19.3 Å². The average molecular weight is 1340 g/mol. The van der Waals surface area contributed by atoms with Crippen LogP contribution in [0.2, 0.25) is 0 Å². The molecule has 0 saturated carbocycles. The van der Waals surface area contributed by atoms with Crippen molar-refractivity contribution in [1.82, 2.24) is 0 Å². The second-order valence-electron chi connectivity index (χ2n) is 16.3. The standard InChI is InChI=1S/C45H77Br9/c1-3-5-24-37(51)30-36(22-16-11-7-9-13-20-28-46)23-17-15-18-26-39(53)32-43-42(33-48)41(31-38(52)25-6-4-2)40(44(54)45(43,34-49)35-50)27-19-12-8-10-14-21-29-47/h36-39,44H,3-35H2,1-2H3. The lowest BCUT2D eigenvalue weighted by Gasteiger charge is -2.46. The molecule has 0 aromatic carbocycles. The lowest BCUT2D eigenvalue weighted by molar-refractivity contribution is 0.372. The van der Waals surface area contributed by atoms with Crippen molar-refractivity contribution < 1.29 is 0 Å². The van der Waals surface area contributed by atoms with Gasteiger partial charge in [-0.2, -0.15) is 0 Å². The molecule has 5 unspecified atom stereocenters. The Bertz CT molecular complexity index is 963. The molecular formula is C45H77Br9. The molecular weight excluding hydrogens is 1260 g/mol. The molecule has 0 aliphatic heterocycles. The molecule has 320 valence electrons. The van der Waals surface area contributed by atoms with Gasteiger partial charge in [0.2, 0.25) is 0 Å². The van der Waals surface area contributed by atoms with Crippen LogP contribution >= 0.6 is 143 Å². The summed E-state index contributed by atoms with van der Waals surface area (Å²) in [5, 5.41) is 5.17. The Morgan fingerprint density at radius 3 is 1.46 bits per heavy atom. The first-order valence-corrected chi connectivity index (χ1v) is 31.3. The van der Waals surface area contributed by atoms with Crippen LogP contribution in [0.5, 0.6) is 0 Å². The van der Waals surface area contributed by atoms with Crippen LogP contribution in [0.15, 0.2) is 22.3 Å². The van der Waals surface area contributed by atoms with Crippen LogP contribution in [0.1, 0.15) is 194 Å². The summed E-state index contributed by atoms with van der Waals surface area (Å²) in [6.45, 7) is 4.64. The van der Waals surface area contributed by atoms with Gasteiger partial charge in [0.15, 0.2) is 0 Å². The van der Waals surface area contributed by atoms with Crippen molar-refractivity contribution in [2.75, 3.05) is 26.7 Å². The number of halogens is 9. The van der Waals surface area contributed by atoms with Gasteiger partial charge >= 0.3 is 0 Å². The number of hydrogen-bond acceptors (Lipinski definition) is 0. The van der Waals surface area contributed by atoms with Crippen LogP contribution in [-0.4, -0.2) is 46.0 Å². The highest BCUT2D eigenvalue weighted by Crippen LogP contribution is 2.54. The van der Waals surface area contributed by atoms with Gasteiger partial charge in [0.1, 0.15) is 0 Å². The van der Waals surface area contributed by atoms with E-state index < -0.39 is 0 Å². The van der Waals surface area contributed by atoms with Gasteiger partial charge in [0, 0.05) is 51.4 Å². The molecule has 0 amide bonds. The van der Waals surface area contributed by atoms with Crippen molar-refractivity contribution in [3.8, 4) is 0 Å². The van der Waals surface area contributed by atoms with Crippen molar-refractivity contribution in [2.45, 2.75) is 213 Å². The molecule has 0 N–H and O–H groups in total. The van der Waals surface area contributed by atoms with Crippen molar-refractivity contribution in [1.29, 1.82) is 0 Å². The lowest BCUT2D eigenvalue weighted by Crippen LogP contribution is -2.43. The van der Waals surface area contributed by atoms with Gasteiger partial charge in [-0.15, -0.1) is 0 Å². The van der Waals surface area contributed by atoms with E-state index in [2.05, 4.69) is 157 Å².